The van der Waals surface area contributed by atoms with E-state index in [1.54, 1.807) is 0 Å². The summed E-state index contributed by atoms with van der Waals surface area (Å²) in [4.78, 5) is 0. The third-order valence-electron chi connectivity index (χ3n) is 4.16. The van der Waals surface area contributed by atoms with Crippen LogP contribution in [0.5, 0.6) is 0 Å². The lowest BCUT2D eigenvalue weighted by Crippen LogP contribution is -3.00. The van der Waals surface area contributed by atoms with E-state index in [1.165, 1.54) is 77.0 Å². The average molecular weight is 342 g/mol. The maximum absolute atomic E-state index is 5.67. The van der Waals surface area contributed by atoms with Crippen LogP contribution in [0.2, 0.25) is 0 Å². The van der Waals surface area contributed by atoms with Gasteiger partial charge in [-0.15, -0.1) is 0 Å². The molecule has 134 valence electrons. The molecule has 0 spiro atoms. The Bertz CT molecular complexity index is 332. The number of pyridine rings is 1. The van der Waals surface area contributed by atoms with Crippen LogP contribution >= 0.6 is 0 Å². The van der Waals surface area contributed by atoms with Crippen LogP contribution in [0, 0.1) is 0 Å². The number of hydrogen-bond acceptors (Lipinski definition) is 1. The lowest BCUT2D eigenvalue weighted by molar-refractivity contribution is -0.732. The summed E-state index contributed by atoms with van der Waals surface area (Å²) in [5.74, 6) is 0. The molecule has 23 heavy (non-hydrogen) atoms. The van der Waals surface area contributed by atoms with Crippen molar-refractivity contribution in [2.75, 3.05) is 6.61 Å². The van der Waals surface area contributed by atoms with Crippen molar-refractivity contribution in [3.8, 4) is 0 Å². The molecule has 1 aromatic heterocycles. The summed E-state index contributed by atoms with van der Waals surface area (Å²) >= 11 is 0. The Morgan fingerprint density at radius 1 is 0.652 bits per heavy atom. The first kappa shape index (κ1) is 22.4. The normalized spacial score (nSPS) is 10.5. The van der Waals surface area contributed by atoms with Gasteiger partial charge in [0.1, 0.15) is 0 Å². The summed E-state index contributed by atoms with van der Waals surface area (Å²) in [7, 11) is 0. The lowest BCUT2D eigenvalue weighted by Gasteiger charge is -2.03. The summed E-state index contributed by atoms with van der Waals surface area (Å²) in [6.07, 6.45) is 20.8. The first-order chi connectivity index (χ1) is 10.9. The second-order valence-electron chi connectivity index (χ2n) is 6.32. The Labute approximate surface area is 150 Å². The highest BCUT2D eigenvalue weighted by atomic mass is 35.5. The average Bonchev–Trinajstić information content (AvgIpc) is 2.56. The van der Waals surface area contributed by atoms with E-state index in [2.05, 4.69) is 11.5 Å². The molecule has 1 rings (SSSR count). The van der Waals surface area contributed by atoms with Gasteiger partial charge in [-0.1, -0.05) is 83.6 Å². The molecule has 3 heteroatoms. The lowest BCUT2D eigenvalue weighted by atomic mass is 10.1. The molecule has 2 nitrogen and oxygen atoms in total. The van der Waals surface area contributed by atoms with Gasteiger partial charge in [-0.3, -0.25) is 0 Å². The van der Waals surface area contributed by atoms with E-state index < -0.39 is 0 Å². The highest BCUT2D eigenvalue weighted by Gasteiger charge is 1.97. The Morgan fingerprint density at radius 2 is 1.13 bits per heavy atom. The molecule has 0 radical (unpaired) electrons. The van der Waals surface area contributed by atoms with Crippen LogP contribution in [0.15, 0.2) is 30.6 Å². The molecule has 0 unspecified atom stereocenters. The monoisotopic (exact) mass is 341 g/mol. The van der Waals surface area contributed by atoms with Gasteiger partial charge in [-0.25, -0.2) is 0 Å². The van der Waals surface area contributed by atoms with E-state index in [1.807, 2.05) is 30.6 Å². The summed E-state index contributed by atoms with van der Waals surface area (Å²) in [5.41, 5.74) is 0. The van der Waals surface area contributed by atoms with Crippen LogP contribution in [-0.2, 0) is 11.5 Å². The smallest absolute Gasteiger partial charge is 0.252 e. The Balaban J connectivity index is 0.00000484. The standard InChI is InChI=1S/C20H36NO.ClH/c1-2-3-4-5-6-7-8-9-10-11-12-16-19-22-20-21-17-14-13-15-18-21;/h13-15,17-18H,2-12,16,19-20H2,1H3;1H/q+1;/p-1. The summed E-state index contributed by atoms with van der Waals surface area (Å²) in [6.45, 7) is 3.85. The first-order valence-corrected chi connectivity index (χ1v) is 9.45. The molecular weight excluding hydrogens is 306 g/mol. The SMILES string of the molecule is CCCCCCCCCCCCCCOC[n+]1ccccc1.[Cl-]. The van der Waals surface area contributed by atoms with Crippen LogP contribution in [0.1, 0.15) is 84.0 Å². The van der Waals surface area contributed by atoms with E-state index >= 15 is 0 Å². The zero-order valence-corrected chi connectivity index (χ0v) is 15.8. The molecule has 0 atom stereocenters. The van der Waals surface area contributed by atoms with Crippen molar-refractivity contribution in [2.45, 2.75) is 90.7 Å². The molecule has 0 N–H and O–H groups in total. The van der Waals surface area contributed by atoms with Gasteiger partial charge < -0.3 is 17.1 Å². The maximum atomic E-state index is 5.67. The van der Waals surface area contributed by atoms with Gasteiger partial charge in [0.25, 0.3) is 6.73 Å². The highest BCUT2D eigenvalue weighted by molar-refractivity contribution is 4.83. The second-order valence-corrected chi connectivity index (χ2v) is 6.32. The number of rotatable bonds is 15. The third-order valence-corrected chi connectivity index (χ3v) is 4.16. The molecule has 0 aliphatic carbocycles. The van der Waals surface area contributed by atoms with Crippen molar-refractivity contribution in [1.29, 1.82) is 0 Å². The summed E-state index contributed by atoms with van der Waals surface area (Å²) in [6, 6.07) is 6.10. The molecule has 0 amide bonds. The fraction of sp³-hybridized carbons (Fsp3) is 0.750. The number of ether oxygens (including phenoxy) is 1. The fourth-order valence-electron chi connectivity index (χ4n) is 2.74. The second kappa shape index (κ2) is 17.7. The number of aromatic nitrogens is 1. The fourth-order valence-corrected chi connectivity index (χ4v) is 2.74. The van der Waals surface area contributed by atoms with Gasteiger partial charge in [-0.05, 0) is 6.42 Å². The molecule has 0 aliphatic rings. The molecule has 1 heterocycles. The number of nitrogens with zero attached hydrogens (tertiary/aromatic N) is 1. The number of unbranched alkanes of at least 4 members (excludes halogenated alkanes) is 11. The van der Waals surface area contributed by atoms with E-state index in [4.69, 9.17) is 4.74 Å². The van der Waals surface area contributed by atoms with Crippen molar-refractivity contribution in [3.05, 3.63) is 30.6 Å². The quantitative estimate of drug-likeness (QED) is 0.353. The topological polar surface area (TPSA) is 13.1 Å². The number of hydrogen-bond donors (Lipinski definition) is 0. The van der Waals surface area contributed by atoms with E-state index in [0.717, 1.165) is 6.61 Å². The molecule has 0 saturated carbocycles. The zero-order valence-electron chi connectivity index (χ0n) is 15.0. The molecule has 0 aromatic carbocycles. The Kier molecular flexibility index (Phi) is 17.3. The summed E-state index contributed by atoms with van der Waals surface area (Å²) < 4.78 is 7.74. The predicted molar refractivity (Wildman–Crippen MR) is 93.7 cm³/mol. The molecule has 0 bridgehead atoms. The molecule has 0 aliphatic heterocycles. The Hall–Kier alpha value is -0.600. The number of halogens is 1. The predicted octanol–water partition coefficient (Wildman–Crippen LogP) is 2.65. The van der Waals surface area contributed by atoms with Crippen LogP contribution in [0.25, 0.3) is 0 Å². The van der Waals surface area contributed by atoms with Gasteiger partial charge in [0, 0.05) is 12.1 Å². The molecule has 1 aromatic rings. The zero-order chi connectivity index (χ0) is 15.7. The van der Waals surface area contributed by atoms with Crippen LogP contribution < -0.4 is 17.0 Å². The van der Waals surface area contributed by atoms with E-state index in [-0.39, 0.29) is 12.4 Å². The minimum absolute atomic E-state index is 0. The van der Waals surface area contributed by atoms with Crippen molar-refractivity contribution in [1.82, 2.24) is 0 Å². The van der Waals surface area contributed by atoms with Crippen LogP contribution in [0.4, 0.5) is 0 Å². The molecule has 0 saturated heterocycles. The van der Waals surface area contributed by atoms with Gasteiger partial charge in [0.15, 0.2) is 12.4 Å². The van der Waals surface area contributed by atoms with Crippen molar-refractivity contribution in [3.63, 3.8) is 0 Å². The summed E-state index contributed by atoms with van der Waals surface area (Å²) in [5, 5.41) is 0. The van der Waals surface area contributed by atoms with Gasteiger partial charge in [-0.2, -0.15) is 4.57 Å². The molecule has 0 fully saturated rings. The van der Waals surface area contributed by atoms with Crippen LogP contribution in [-0.4, -0.2) is 6.61 Å². The van der Waals surface area contributed by atoms with Gasteiger partial charge in [0.05, 0.1) is 6.61 Å². The highest BCUT2D eigenvalue weighted by Crippen LogP contribution is 2.11. The van der Waals surface area contributed by atoms with Gasteiger partial charge in [0.2, 0.25) is 0 Å². The van der Waals surface area contributed by atoms with E-state index in [9.17, 15) is 0 Å². The van der Waals surface area contributed by atoms with Crippen molar-refractivity contribution in [2.24, 2.45) is 0 Å². The largest absolute Gasteiger partial charge is 1.00 e. The first-order valence-electron chi connectivity index (χ1n) is 9.45. The van der Waals surface area contributed by atoms with Crippen molar-refractivity contribution >= 4 is 0 Å². The van der Waals surface area contributed by atoms with Crippen molar-refractivity contribution < 1.29 is 21.7 Å². The van der Waals surface area contributed by atoms with Gasteiger partial charge >= 0.3 is 0 Å². The van der Waals surface area contributed by atoms with E-state index in [0.29, 0.717) is 6.73 Å². The minimum atomic E-state index is 0. The third kappa shape index (κ3) is 14.7. The van der Waals surface area contributed by atoms with Crippen LogP contribution in [0.3, 0.4) is 0 Å². The molecular formula is C20H36ClNO. The Morgan fingerprint density at radius 3 is 1.65 bits per heavy atom. The minimum Gasteiger partial charge on any atom is -1.00 e. The maximum Gasteiger partial charge on any atom is 0.252 e.